The van der Waals surface area contributed by atoms with Crippen molar-refractivity contribution in [1.82, 2.24) is 4.31 Å². The van der Waals surface area contributed by atoms with Crippen molar-refractivity contribution in [3.8, 4) is 0 Å². The highest BCUT2D eigenvalue weighted by Gasteiger charge is 2.26. The summed E-state index contributed by atoms with van der Waals surface area (Å²) in [7, 11) is -3.57. The fourth-order valence-corrected chi connectivity index (χ4v) is 3.61. The van der Waals surface area contributed by atoms with Crippen LogP contribution in [-0.4, -0.2) is 44.9 Å². The Labute approximate surface area is 122 Å². The maximum absolute atomic E-state index is 12.4. The Hall–Kier alpha value is -1.15. The van der Waals surface area contributed by atoms with Crippen LogP contribution in [-0.2, 0) is 19.6 Å². The van der Waals surface area contributed by atoms with Crippen molar-refractivity contribution in [3.63, 3.8) is 0 Å². The van der Waals surface area contributed by atoms with Crippen LogP contribution >= 0.6 is 11.6 Å². The highest BCUT2D eigenvalue weighted by molar-refractivity contribution is 7.89. The van der Waals surface area contributed by atoms with Crippen LogP contribution in [0.1, 0.15) is 6.92 Å². The van der Waals surface area contributed by atoms with E-state index in [1.54, 1.807) is 0 Å². The minimum Gasteiger partial charge on any atom is -0.379 e. The lowest BCUT2D eigenvalue weighted by Gasteiger charge is -2.26. The molecule has 0 aliphatic carbocycles. The predicted molar refractivity (Wildman–Crippen MR) is 75.3 cm³/mol. The van der Waals surface area contributed by atoms with Gasteiger partial charge >= 0.3 is 0 Å². The van der Waals surface area contributed by atoms with E-state index in [-0.39, 0.29) is 15.8 Å². The number of hydrogen-bond acceptors (Lipinski definition) is 4. The van der Waals surface area contributed by atoms with E-state index in [4.69, 9.17) is 16.3 Å². The largest absolute Gasteiger partial charge is 0.379 e. The van der Waals surface area contributed by atoms with Gasteiger partial charge in [0.1, 0.15) is 0 Å². The molecule has 1 aromatic rings. The summed E-state index contributed by atoms with van der Waals surface area (Å²) in [6, 6.07) is 4.26. The molecule has 1 fully saturated rings. The SMILES string of the molecule is CC(=O)Nc1ccc(S(=O)(=O)N2CCOCC2)cc1Cl. The molecule has 0 aromatic heterocycles. The van der Waals surface area contributed by atoms with Crippen LogP contribution in [0.5, 0.6) is 0 Å². The number of carbonyl (C=O) groups is 1. The monoisotopic (exact) mass is 318 g/mol. The molecular weight excluding hydrogens is 304 g/mol. The lowest BCUT2D eigenvalue weighted by atomic mass is 10.3. The standard InChI is InChI=1S/C12H15ClN2O4S/c1-9(16)14-12-3-2-10(8-11(12)13)20(17,18)15-4-6-19-7-5-15/h2-3,8H,4-7H2,1H3,(H,14,16). The molecule has 1 heterocycles. The van der Waals surface area contributed by atoms with E-state index in [1.807, 2.05) is 0 Å². The summed E-state index contributed by atoms with van der Waals surface area (Å²) in [5.41, 5.74) is 0.389. The molecule has 2 rings (SSSR count). The second-order valence-electron chi connectivity index (χ2n) is 4.34. The molecule has 20 heavy (non-hydrogen) atoms. The Balaban J connectivity index is 2.28. The van der Waals surface area contributed by atoms with E-state index < -0.39 is 10.0 Å². The first-order valence-corrected chi connectivity index (χ1v) is 7.88. The number of hydrogen-bond donors (Lipinski definition) is 1. The zero-order chi connectivity index (χ0) is 14.8. The maximum atomic E-state index is 12.4. The van der Waals surface area contributed by atoms with Crippen molar-refractivity contribution in [1.29, 1.82) is 0 Å². The Morgan fingerprint density at radius 1 is 1.35 bits per heavy atom. The number of nitrogens with zero attached hydrogens (tertiary/aromatic N) is 1. The van der Waals surface area contributed by atoms with Gasteiger partial charge in [-0.1, -0.05) is 11.6 Å². The Morgan fingerprint density at radius 2 is 2.00 bits per heavy atom. The first kappa shape index (κ1) is 15.2. The van der Waals surface area contributed by atoms with Gasteiger partial charge in [0.05, 0.1) is 28.8 Å². The van der Waals surface area contributed by atoms with Crippen molar-refractivity contribution in [2.45, 2.75) is 11.8 Å². The van der Waals surface area contributed by atoms with Crippen LogP contribution < -0.4 is 5.32 Å². The van der Waals surface area contributed by atoms with Crippen LogP contribution in [0.4, 0.5) is 5.69 Å². The molecule has 6 nitrogen and oxygen atoms in total. The molecule has 1 aliphatic heterocycles. The van der Waals surface area contributed by atoms with Gasteiger partial charge < -0.3 is 10.1 Å². The molecule has 110 valence electrons. The average Bonchev–Trinajstić information content (AvgIpc) is 2.41. The third-order valence-corrected chi connectivity index (χ3v) is 5.07. The van der Waals surface area contributed by atoms with Gasteiger partial charge in [0.25, 0.3) is 0 Å². The van der Waals surface area contributed by atoms with Gasteiger partial charge in [-0.25, -0.2) is 8.42 Å². The number of carbonyl (C=O) groups excluding carboxylic acids is 1. The van der Waals surface area contributed by atoms with Crippen LogP contribution in [0, 0.1) is 0 Å². The number of amides is 1. The number of benzene rings is 1. The summed E-state index contributed by atoms with van der Waals surface area (Å²) < 4.78 is 31.3. The normalized spacial score (nSPS) is 16.9. The molecule has 8 heteroatoms. The molecule has 0 atom stereocenters. The van der Waals surface area contributed by atoms with Gasteiger partial charge in [-0.15, -0.1) is 0 Å². The minimum atomic E-state index is -3.57. The third-order valence-electron chi connectivity index (χ3n) is 2.86. The zero-order valence-electron chi connectivity index (χ0n) is 10.9. The molecular formula is C12H15ClN2O4S. The predicted octanol–water partition coefficient (Wildman–Crippen LogP) is 1.32. The van der Waals surface area contributed by atoms with Gasteiger partial charge in [0.15, 0.2) is 0 Å². The smallest absolute Gasteiger partial charge is 0.243 e. The van der Waals surface area contributed by atoms with Gasteiger partial charge in [-0.05, 0) is 18.2 Å². The summed E-state index contributed by atoms with van der Waals surface area (Å²) in [4.78, 5) is 11.1. The molecule has 0 saturated carbocycles. The number of morpholine rings is 1. The van der Waals surface area contributed by atoms with Crippen molar-refractivity contribution in [2.24, 2.45) is 0 Å². The van der Waals surface area contributed by atoms with Crippen molar-refractivity contribution >= 4 is 33.2 Å². The van der Waals surface area contributed by atoms with Gasteiger partial charge in [0.2, 0.25) is 15.9 Å². The van der Waals surface area contributed by atoms with Crippen LogP contribution in [0.25, 0.3) is 0 Å². The van der Waals surface area contributed by atoms with E-state index >= 15 is 0 Å². The Bertz CT molecular complexity index is 612. The molecule has 0 unspecified atom stereocenters. The zero-order valence-corrected chi connectivity index (χ0v) is 12.5. The number of halogens is 1. The molecule has 1 aromatic carbocycles. The summed E-state index contributed by atoms with van der Waals surface area (Å²) in [6.45, 7) is 2.78. The average molecular weight is 319 g/mol. The van der Waals surface area contributed by atoms with Crippen LogP contribution in [0.2, 0.25) is 5.02 Å². The summed E-state index contributed by atoms with van der Waals surface area (Å²) in [5.74, 6) is -0.268. The lowest BCUT2D eigenvalue weighted by molar-refractivity contribution is -0.114. The van der Waals surface area contributed by atoms with E-state index in [0.717, 1.165) is 0 Å². The second-order valence-corrected chi connectivity index (χ2v) is 6.68. The van der Waals surface area contributed by atoms with Crippen molar-refractivity contribution in [2.75, 3.05) is 31.6 Å². The molecule has 1 amide bonds. The minimum absolute atomic E-state index is 0.110. The van der Waals surface area contributed by atoms with Crippen molar-refractivity contribution < 1.29 is 17.9 Å². The van der Waals surface area contributed by atoms with Crippen molar-refractivity contribution in [3.05, 3.63) is 23.2 Å². The lowest BCUT2D eigenvalue weighted by Crippen LogP contribution is -2.40. The topological polar surface area (TPSA) is 75.7 Å². The van der Waals surface area contributed by atoms with Gasteiger partial charge in [-0.2, -0.15) is 4.31 Å². The summed E-state index contributed by atoms with van der Waals surface area (Å²) >= 11 is 6.00. The fourth-order valence-electron chi connectivity index (χ4n) is 1.88. The molecule has 0 spiro atoms. The number of ether oxygens (including phenoxy) is 1. The molecule has 1 aliphatic rings. The number of anilines is 1. The number of nitrogens with one attached hydrogen (secondary N) is 1. The summed E-state index contributed by atoms with van der Waals surface area (Å²) in [5, 5.41) is 2.72. The number of rotatable bonds is 3. The van der Waals surface area contributed by atoms with E-state index in [1.165, 1.54) is 29.4 Å². The van der Waals surface area contributed by atoms with E-state index in [9.17, 15) is 13.2 Å². The Kier molecular flexibility index (Phi) is 4.64. The molecule has 0 radical (unpaired) electrons. The highest BCUT2D eigenvalue weighted by Crippen LogP contribution is 2.27. The third kappa shape index (κ3) is 3.29. The van der Waals surface area contributed by atoms with Crippen LogP contribution in [0.15, 0.2) is 23.1 Å². The van der Waals surface area contributed by atoms with Gasteiger partial charge in [0, 0.05) is 20.0 Å². The molecule has 1 saturated heterocycles. The summed E-state index contributed by atoms with van der Waals surface area (Å²) in [6.07, 6.45) is 0. The Morgan fingerprint density at radius 3 is 2.55 bits per heavy atom. The molecule has 0 bridgehead atoms. The second kappa shape index (κ2) is 6.09. The van der Waals surface area contributed by atoms with Gasteiger partial charge in [-0.3, -0.25) is 4.79 Å². The highest BCUT2D eigenvalue weighted by atomic mass is 35.5. The van der Waals surface area contributed by atoms with Crippen LogP contribution in [0.3, 0.4) is 0 Å². The molecule has 1 N–H and O–H groups in total. The number of sulfonamides is 1. The fraction of sp³-hybridized carbons (Fsp3) is 0.417. The quantitative estimate of drug-likeness (QED) is 0.912. The van der Waals surface area contributed by atoms with E-state index in [2.05, 4.69) is 5.32 Å². The maximum Gasteiger partial charge on any atom is 0.243 e. The van der Waals surface area contributed by atoms with E-state index in [0.29, 0.717) is 32.0 Å². The first-order chi connectivity index (χ1) is 9.41. The first-order valence-electron chi connectivity index (χ1n) is 6.06.